The molecule has 4 nitrogen and oxygen atoms in total. The molecule has 0 aromatic rings. The molecule has 96 valence electrons. The molecule has 1 rings (SSSR count). The Morgan fingerprint density at radius 3 is 2.19 bits per heavy atom. The average Bonchev–Trinajstić information content (AvgIpc) is 2.34. The minimum absolute atomic E-state index is 0.422. The van der Waals surface area contributed by atoms with E-state index < -0.39 is 8.80 Å². The lowest BCUT2D eigenvalue weighted by Crippen LogP contribution is -2.43. The molecule has 2 unspecified atom stereocenters. The van der Waals surface area contributed by atoms with Gasteiger partial charge in [-0.05, 0) is 32.1 Å². The van der Waals surface area contributed by atoms with Gasteiger partial charge in [-0.15, -0.1) is 0 Å². The minimum atomic E-state index is -2.37. The summed E-state index contributed by atoms with van der Waals surface area (Å²) in [6.07, 6.45) is 3.88. The molecule has 2 atom stereocenters. The molecule has 1 aliphatic heterocycles. The second-order valence-electron chi connectivity index (χ2n) is 4.42. The van der Waals surface area contributed by atoms with Crippen molar-refractivity contribution in [2.24, 2.45) is 5.92 Å². The molecule has 0 N–H and O–H groups in total. The Kier molecular flexibility index (Phi) is 5.92. The predicted molar refractivity (Wildman–Crippen MR) is 64.3 cm³/mol. The number of hydrogen-bond acceptors (Lipinski definition) is 4. The van der Waals surface area contributed by atoms with Crippen LogP contribution in [-0.2, 0) is 18.0 Å². The molecule has 0 radical (unpaired) electrons. The Balaban J connectivity index is 2.32. The van der Waals surface area contributed by atoms with Gasteiger partial charge in [0.1, 0.15) is 0 Å². The summed E-state index contributed by atoms with van der Waals surface area (Å²) in [7, 11) is 2.62. The standard InChI is InChI=1S/C11H24O4Si/c1-10-5-6-11(9-15-10)7-8-16(12-2,13-3)14-4/h10-11H,5-9H2,1-4H3. The highest BCUT2D eigenvalue weighted by molar-refractivity contribution is 6.60. The van der Waals surface area contributed by atoms with E-state index in [-0.39, 0.29) is 0 Å². The normalized spacial score (nSPS) is 27.0. The summed E-state index contributed by atoms with van der Waals surface area (Å²) < 4.78 is 21.9. The fourth-order valence-electron chi connectivity index (χ4n) is 2.10. The third kappa shape index (κ3) is 3.82. The van der Waals surface area contributed by atoms with Crippen LogP contribution in [0.25, 0.3) is 0 Å². The van der Waals surface area contributed by atoms with Gasteiger partial charge in [0.25, 0.3) is 0 Å². The van der Waals surface area contributed by atoms with E-state index in [1.807, 2.05) is 0 Å². The van der Waals surface area contributed by atoms with Crippen molar-refractivity contribution in [1.29, 1.82) is 0 Å². The summed E-state index contributed by atoms with van der Waals surface area (Å²) in [4.78, 5) is 0. The maximum Gasteiger partial charge on any atom is 0.500 e. The van der Waals surface area contributed by atoms with Gasteiger partial charge >= 0.3 is 8.80 Å². The summed E-state index contributed by atoms with van der Waals surface area (Å²) in [5.74, 6) is 0.628. The molecule has 1 saturated heterocycles. The Morgan fingerprint density at radius 2 is 1.75 bits per heavy atom. The molecule has 1 fully saturated rings. The lowest BCUT2D eigenvalue weighted by atomic mass is 9.97. The van der Waals surface area contributed by atoms with Crippen LogP contribution in [0, 0.1) is 5.92 Å². The van der Waals surface area contributed by atoms with Gasteiger partial charge in [-0.1, -0.05) is 0 Å². The van der Waals surface area contributed by atoms with Crippen LogP contribution in [0.2, 0.25) is 6.04 Å². The van der Waals surface area contributed by atoms with Crippen LogP contribution < -0.4 is 0 Å². The Bertz CT molecular complexity index is 180. The highest BCUT2D eigenvalue weighted by Crippen LogP contribution is 2.26. The molecule has 0 bridgehead atoms. The van der Waals surface area contributed by atoms with Crippen LogP contribution >= 0.6 is 0 Å². The third-order valence-electron chi connectivity index (χ3n) is 3.39. The summed E-state index contributed by atoms with van der Waals surface area (Å²) >= 11 is 0. The Hall–Kier alpha value is 0.0569. The SMILES string of the molecule is CO[Si](CCC1CCC(C)OC1)(OC)OC. The van der Waals surface area contributed by atoms with Crippen LogP contribution in [0.15, 0.2) is 0 Å². The second-order valence-corrected chi connectivity index (χ2v) is 7.51. The smallest absolute Gasteiger partial charge is 0.378 e. The van der Waals surface area contributed by atoms with Gasteiger partial charge in [0, 0.05) is 34.0 Å². The van der Waals surface area contributed by atoms with Crippen LogP contribution in [0.3, 0.4) is 0 Å². The fraction of sp³-hybridized carbons (Fsp3) is 1.00. The molecular weight excluding hydrogens is 224 g/mol. The van der Waals surface area contributed by atoms with Crippen molar-refractivity contribution in [3.63, 3.8) is 0 Å². The largest absolute Gasteiger partial charge is 0.500 e. The average molecular weight is 248 g/mol. The monoisotopic (exact) mass is 248 g/mol. The van der Waals surface area contributed by atoms with Gasteiger partial charge in [-0.3, -0.25) is 0 Å². The number of hydrogen-bond donors (Lipinski definition) is 0. The molecular formula is C11H24O4Si. The lowest BCUT2D eigenvalue weighted by molar-refractivity contribution is -0.00721. The molecule has 0 aromatic carbocycles. The molecule has 0 aromatic heterocycles. The second kappa shape index (κ2) is 6.71. The fourth-order valence-corrected chi connectivity index (χ4v) is 3.98. The van der Waals surface area contributed by atoms with E-state index in [9.17, 15) is 0 Å². The van der Waals surface area contributed by atoms with E-state index in [1.165, 1.54) is 6.42 Å². The van der Waals surface area contributed by atoms with E-state index >= 15 is 0 Å². The minimum Gasteiger partial charge on any atom is -0.378 e. The first kappa shape index (κ1) is 14.1. The number of ether oxygens (including phenoxy) is 1. The molecule has 1 heterocycles. The quantitative estimate of drug-likeness (QED) is 0.674. The van der Waals surface area contributed by atoms with Crippen molar-refractivity contribution in [2.45, 2.75) is 38.3 Å². The third-order valence-corrected chi connectivity index (χ3v) is 6.16. The number of rotatable bonds is 6. The molecule has 1 aliphatic rings. The zero-order valence-electron chi connectivity index (χ0n) is 10.8. The summed E-state index contributed by atoms with van der Waals surface area (Å²) in [6, 6.07) is 0.874. The van der Waals surface area contributed by atoms with Gasteiger partial charge in [0.05, 0.1) is 6.10 Å². The maximum absolute atomic E-state index is 5.65. The first-order chi connectivity index (χ1) is 7.65. The Morgan fingerprint density at radius 1 is 1.12 bits per heavy atom. The van der Waals surface area contributed by atoms with Gasteiger partial charge in [-0.25, -0.2) is 0 Å². The van der Waals surface area contributed by atoms with Crippen LogP contribution in [0.1, 0.15) is 26.2 Å². The van der Waals surface area contributed by atoms with Crippen molar-refractivity contribution in [2.75, 3.05) is 27.9 Å². The predicted octanol–water partition coefficient (Wildman–Crippen LogP) is 2.07. The van der Waals surface area contributed by atoms with Crippen molar-refractivity contribution in [3.05, 3.63) is 0 Å². The highest BCUT2D eigenvalue weighted by atomic mass is 28.4. The maximum atomic E-state index is 5.65. The lowest BCUT2D eigenvalue weighted by Gasteiger charge is -2.30. The van der Waals surface area contributed by atoms with Crippen molar-refractivity contribution >= 4 is 8.80 Å². The first-order valence-electron chi connectivity index (χ1n) is 5.93. The molecule has 0 saturated carbocycles. The van der Waals surface area contributed by atoms with Crippen molar-refractivity contribution in [3.8, 4) is 0 Å². The van der Waals surface area contributed by atoms with Crippen LogP contribution in [0.5, 0.6) is 0 Å². The van der Waals surface area contributed by atoms with Gasteiger partial charge < -0.3 is 18.0 Å². The summed E-state index contributed by atoms with van der Waals surface area (Å²) in [5, 5.41) is 0. The van der Waals surface area contributed by atoms with Crippen molar-refractivity contribution in [1.82, 2.24) is 0 Å². The molecule has 16 heavy (non-hydrogen) atoms. The highest BCUT2D eigenvalue weighted by Gasteiger charge is 2.38. The van der Waals surface area contributed by atoms with Gasteiger partial charge in [-0.2, -0.15) is 0 Å². The molecule has 0 amide bonds. The van der Waals surface area contributed by atoms with E-state index in [0.717, 1.165) is 25.5 Å². The molecule has 5 heteroatoms. The zero-order valence-corrected chi connectivity index (χ0v) is 11.8. The van der Waals surface area contributed by atoms with Gasteiger partial charge in [0.15, 0.2) is 0 Å². The molecule has 0 aliphatic carbocycles. The van der Waals surface area contributed by atoms with E-state index in [2.05, 4.69) is 6.92 Å². The van der Waals surface area contributed by atoms with Crippen LogP contribution in [0.4, 0.5) is 0 Å². The van der Waals surface area contributed by atoms with Gasteiger partial charge in [0.2, 0.25) is 0 Å². The summed E-state index contributed by atoms with van der Waals surface area (Å²) in [5.41, 5.74) is 0. The van der Waals surface area contributed by atoms with E-state index in [1.54, 1.807) is 21.3 Å². The van der Waals surface area contributed by atoms with E-state index in [4.69, 9.17) is 18.0 Å². The molecule has 0 spiro atoms. The zero-order chi connectivity index (χ0) is 12.0. The van der Waals surface area contributed by atoms with Crippen LogP contribution in [-0.4, -0.2) is 42.8 Å². The Labute approximate surface area is 99.6 Å². The first-order valence-corrected chi connectivity index (χ1v) is 7.86. The van der Waals surface area contributed by atoms with Crippen molar-refractivity contribution < 1.29 is 18.0 Å². The summed E-state index contributed by atoms with van der Waals surface area (Å²) in [6.45, 7) is 3.00. The topological polar surface area (TPSA) is 36.9 Å². The van der Waals surface area contributed by atoms with E-state index in [0.29, 0.717) is 12.0 Å².